The van der Waals surface area contributed by atoms with Crippen LogP contribution in [0.15, 0.2) is 22.7 Å². The van der Waals surface area contributed by atoms with Gasteiger partial charge in [-0.15, -0.1) is 0 Å². The zero-order valence-electron chi connectivity index (χ0n) is 9.73. The Labute approximate surface area is 109 Å². The van der Waals surface area contributed by atoms with Crippen LogP contribution in [0.5, 0.6) is 5.75 Å². The number of sulfone groups is 1. The highest BCUT2D eigenvalue weighted by molar-refractivity contribution is 9.10. The van der Waals surface area contributed by atoms with E-state index >= 15 is 0 Å². The van der Waals surface area contributed by atoms with Crippen LogP contribution in [-0.4, -0.2) is 32.8 Å². The van der Waals surface area contributed by atoms with E-state index in [1.807, 2.05) is 0 Å². The molecular formula is C11H13BrO4S. The largest absolute Gasteiger partial charge is 0.497 e. The molecule has 1 rings (SSSR count). The van der Waals surface area contributed by atoms with Gasteiger partial charge >= 0.3 is 0 Å². The topological polar surface area (TPSA) is 60.4 Å². The number of ketones is 1. The van der Waals surface area contributed by atoms with Crippen LogP contribution in [0.25, 0.3) is 0 Å². The molecule has 94 valence electrons. The Morgan fingerprint density at radius 2 is 2.00 bits per heavy atom. The molecule has 6 heteroatoms. The third-order valence-electron chi connectivity index (χ3n) is 2.45. The monoisotopic (exact) mass is 320 g/mol. The quantitative estimate of drug-likeness (QED) is 0.797. The molecule has 0 spiro atoms. The summed E-state index contributed by atoms with van der Waals surface area (Å²) in [5, 5.41) is -1.05. The lowest BCUT2D eigenvalue weighted by Gasteiger charge is -2.10. The minimum Gasteiger partial charge on any atom is -0.497 e. The molecule has 0 aliphatic rings. The van der Waals surface area contributed by atoms with Crippen molar-refractivity contribution in [2.24, 2.45) is 0 Å². The zero-order chi connectivity index (χ0) is 13.2. The Morgan fingerprint density at radius 3 is 2.41 bits per heavy atom. The summed E-state index contributed by atoms with van der Waals surface area (Å²) in [7, 11) is -1.87. The lowest BCUT2D eigenvalue weighted by molar-refractivity contribution is 0.0991. The molecule has 0 saturated heterocycles. The Kier molecular flexibility index (Phi) is 4.32. The number of ether oxygens (including phenoxy) is 1. The molecule has 1 aromatic carbocycles. The van der Waals surface area contributed by atoms with Crippen LogP contribution in [0.2, 0.25) is 0 Å². The molecule has 0 bridgehead atoms. The number of rotatable bonds is 4. The highest BCUT2D eigenvalue weighted by Crippen LogP contribution is 2.25. The maximum Gasteiger partial charge on any atom is 0.181 e. The summed E-state index contributed by atoms with van der Waals surface area (Å²) in [6, 6.07) is 4.79. The second kappa shape index (κ2) is 5.18. The maximum atomic E-state index is 12.0. The van der Waals surface area contributed by atoms with E-state index < -0.39 is 20.9 Å². The van der Waals surface area contributed by atoms with Gasteiger partial charge in [-0.3, -0.25) is 4.79 Å². The first-order valence-corrected chi connectivity index (χ1v) is 7.58. The van der Waals surface area contributed by atoms with E-state index in [-0.39, 0.29) is 0 Å². The second-order valence-electron chi connectivity index (χ2n) is 3.68. The van der Waals surface area contributed by atoms with Gasteiger partial charge in [0.05, 0.1) is 7.11 Å². The third kappa shape index (κ3) is 3.29. The van der Waals surface area contributed by atoms with E-state index in [1.165, 1.54) is 14.0 Å². The summed E-state index contributed by atoms with van der Waals surface area (Å²) in [6.07, 6.45) is 1.05. The van der Waals surface area contributed by atoms with Crippen LogP contribution in [-0.2, 0) is 9.84 Å². The molecule has 0 aliphatic carbocycles. The fourth-order valence-electron chi connectivity index (χ4n) is 1.24. The van der Waals surface area contributed by atoms with Crippen LogP contribution < -0.4 is 4.74 Å². The molecule has 0 amide bonds. The molecule has 4 nitrogen and oxygen atoms in total. The molecule has 0 aliphatic heterocycles. The standard InChI is InChI=1S/C11H13BrO4S/c1-7(17(3,14)15)11(13)9-5-4-8(16-2)6-10(9)12/h4-7H,1-3H3. The maximum absolute atomic E-state index is 12.0. The smallest absolute Gasteiger partial charge is 0.181 e. The molecule has 0 heterocycles. The fourth-order valence-corrected chi connectivity index (χ4v) is 2.31. The van der Waals surface area contributed by atoms with Gasteiger partial charge in [-0.25, -0.2) is 8.42 Å². The number of carbonyl (C=O) groups is 1. The van der Waals surface area contributed by atoms with Crippen molar-refractivity contribution in [1.29, 1.82) is 0 Å². The Bertz CT molecular complexity index is 536. The molecule has 1 unspecified atom stereocenters. The number of carbonyl (C=O) groups excluding carboxylic acids is 1. The van der Waals surface area contributed by atoms with E-state index in [4.69, 9.17) is 4.74 Å². The lowest BCUT2D eigenvalue weighted by Crippen LogP contribution is -2.26. The van der Waals surface area contributed by atoms with Crippen LogP contribution in [0.4, 0.5) is 0 Å². The summed E-state index contributed by atoms with van der Waals surface area (Å²) in [5.74, 6) is 0.169. The Balaban J connectivity index is 3.14. The number of halogens is 1. The highest BCUT2D eigenvalue weighted by atomic mass is 79.9. The van der Waals surface area contributed by atoms with Crippen molar-refractivity contribution in [2.45, 2.75) is 12.2 Å². The lowest BCUT2D eigenvalue weighted by atomic mass is 10.1. The number of Topliss-reactive ketones (excluding diaryl/α,β-unsaturated/α-hetero) is 1. The van der Waals surface area contributed by atoms with E-state index in [0.717, 1.165) is 6.26 Å². The Hall–Kier alpha value is -0.880. The van der Waals surface area contributed by atoms with E-state index in [9.17, 15) is 13.2 Å². The number of benzene rings is 1. The van der Waals surface area contributed by atoms with Gasteiger partial charge in [0.25, 0.3) is 0 Å². The van der Waals surface area contributed by atoms with Gasteiger partial charge in [0, 0.05) is 16.3 Å². The average molecular weight is 321 g/mol. The summed E-state index contributed by atoms with van der Waals surface area (Å²) in [4.78, 5) is 12.0. The number of hydrogen-bond acceptors (Lipinski definition) is 4. The minimum absolute atomic E-state index is 0.337. The van der Waals surface area contributed by atoms with Gasteiger partial charge in [-0.05, 0) is 41.1 Å². The Morgan fingerprint density at radius 1 is 1.41 bits per heavy atom. The zero-order valence-corrected chi connectivity index (χ0v) is 12.1. The molecule has 1 atom stereocenters. The van der Waals surface area contributed by atoms with Crippen molar-refractivity contribution in [3.8, 4) is 5.75 Å². The van der Waals surface area contributed by atoms with Crippen molar-refractivity contribution in [2.75, 3.05) is 13.4 Å². The van der Waals surface area contributed by atoms with Gasteiger partial charge in [-0.1, -0.05) is 0 Å². The summed E-state index contributed by atoms with van der Waals surface area (Å²) in [6.45, 7) is 1.38. The molecular weight excluding hydrogens is 308 g/mol. The van der Waals surface area contributed by atoms with Crippen molar-refractivity contribution in [3.05, 3.63) is 28.2 Å². The van der Waals surface area contributed by atoms with E-state index in [2.05, 4.69) is 15.9 Å². The molecule has 0 saturated carbocycles. The van der Waals surface area contributed by atoms with Gasteiger partial charge in [0.1, 0.15) is 11.0 Å². The fraction of sp³-hybridized carbons (Fsp3) is 0.364. The van der Waals surface area contributed by atoms with Crippen LogP contribution >= 0.6 is 15.9 Å². The first kappa shape index (κ1) is 14.2. The minimum atomic E-state index is -3.38. The van der Waals surface area contributed by atoms with Crippen LogP contribution in [0.3, 0.4) is 0 Å². The molecule has 0 fully saturated rings. The van der Waals surface area contributed by atoms with E-state index in [0.29, 0.717) is 15.8 Å². The summed E-state index contributed by atoms with van der Waals surface area (Å²) < 4.78 is 28.2. The van der Waals surface area contributed by atoms with Gasteiger partial charge in [0.15, 0.2) is 15.6 Å². The average Bonchev–Trinajstić information content (AvgIpc) is 2.25. The van der Waals surface area contributed by atoms with Crippen molar-refractivity contribution < 1.29 is 17.9 Å². The molecule has 0 aromatic heterocycles. The highest BCUT2D eigenvalue weighted by Gasteiger charge is 2.26. The number of hydrogen-bond donors (Lipinski definition) is 0. The SMILES string of the molecule is COc1ccc(C(=O)C(C)S(C)(=O)=O)c(Br)c1. The normalized spacial score (nSPS) is 13.2. The van der Waals surface area contributed by atoms with E-state index in [1.54, 1.807) is 18.2 Å². The second-order valence-corrected chi connectivity index (χ2v) is 6.90. The first-order valence-electron chi connectivity index (χ1n) is 4.84. The van der Waals surface area contributed by atoms with Crippen molar-refractivity contribution in [1.82, 2.24) is 0 Å². The summed E-state index contributed by atoms with van der Waals surface area (Å²) in [5.41, 5.74) is 0.337. The van der Waals surface area contributed by atoms with Gasteiger partial charge in [-0.2, -0.15) is 0 Å². The van der Waals surface area contributed by atoms with Crippen molar-refractivity contribution in [3.63, 3.8) is 0 Å². The third-order valence-corrected chi connectivity index (χ3v) is 4.61. The molecule has 17 heavy (non-hydrogen) atoms. The van der Waals surface area contributed by atoms with Gasteiger partial charge < -0.3 is 4.74 Å². The first-order chi connectivity index (χ1) is 7.77. The van der Waals surface area contributed by atoms with Crippen LogP contribution in [0, 0.1) is 0 Å². The molecule has 0 radical (unpaired) electrons. The number of methoxy groups -OCH3 is 1. The summed E-state index contributed by atoms with van der Waals surface area (Å²) >= 11 is 3.23. The van der Waals surface area contributed by atoms with Crippen LogP contribution in [0.1, 0.15) is 17.3 Å². The predicted molar refractivity (Wildman–Crippen MR) is 69.3 cm³/mol. The predicted octanol–water partition coefficient (Wildman–Crippen LogP) is 2.07. The molecule has 0 N–H and O–H groups in total. The van der Waals surface area contributed by atoms with Crippen molar-refractivity contribution >= 4 is 31.6 Å². The van der Waals surface area contributed by atoms with Gasteiger partial charge in [0.2, 0.25) is 0 Å². The molecule has 1 aromatic rings.